The Morgan fingerprint density at radius 2 is 1.61 bits per heavy atom. The first-order valence-corrected chi connectivity index (χ1v) is 8.82. The molecule has 2 aromatic carbocycles. The van der Waals surface area contributed by atoms with Crippen LogP contribution in [-0.4, -0.2) is 34.7 Å². The van der Waals surface area contributed by atoms with Crippen molar-refractivity contribution in [3.8, 4) is 0 Å². The van der Waals surface area contributed by atoms with E-state index in [2.05, 4.69) is 10.6 Å². The summed E-state index contributed by atoms with van der Waals surface area (Å²) in [6, 6.07) is 14.3. The highest BCUT2D eigenvalue weighted by Gasteiger charge is 2.12. The third-order valence-electron chi connectivity index (χ3n) is 4.32. The molecule has 3 rings (SSSR count). The van der Waals surface area contributed by atoms with Gasteiger partial charge in [-0.2, -0.15) is 0 Å². The fourth-order valence-electron chi connectivity index (χ4n) is 3.02. The maximum atomic E-state index is 12.4. The lowest BCUT2D eigenvalue weighted by molar-refractivity contribution is -0.119. The van der Waals surface area contributed by atoms with Gasteiger partial charge in [-0.05, 0) is 30.3 Å². The minimum absolute atomic E-state index is 0.0453. The molecule has 0 aliphatic carbocycles. The van der Waals surface area contributed by atoms with E-state index >= 15 is 0 Å². The van der Waals surface area contributed by atoms with Gasteiger partial charge < -0.3 is 15.4 Å². The van der Waals surface area contributed by atoms with E-state index in [0.29, 0.717) is 11.4 Å². The highest BCUT2D eigenvalue weighted by atomic mass is 16.5. The van der Waals surface area contributed by atoms with Gasteiger partial charge in [-0.15, -0.1) is 0 Å². The normalized spacial score (nSPS) is 10.8. The van der Waals surface area contributed by atoms with Crippen molar-refractivity contribution >= 4 is 34.2 Å². The van der Waals surface area contributed by atoms with Gasteiger partial charge in [0, 0.05) is 38.5 Å². The number of imidazole rings is 1. The number of methoxy groups -OCH3 is 1. The van der Waals surface area contributed by atoms with Crippen LogP contribution in [0, 0.1) is 0 Å². The van der Waals surface area contributed by atoms with Crippen LogP contribution in [0.4, 0.5) is 11.4 Å². The van der Waals surface area contributed by atoms with Crippen LogP contribution in [0.2, 0.25) is 0 Å². The molecule has 146 valence electrons. The fourth-order valence-corrected chi connectivity index (χ4v) is 3.02. The molecule has 0 radical (unpaired) electrons. The molecule has 0 aliphatic heterocycles. The molecule has 0 saturated heterocycles. The first kappa shape index (κ1) is 19.4. The van der Waals surface area contributed by atoms with E-state index in [0.717, 1.165) is 11.0 Å². The van der Waals surface area contributed by atoms with Gasteiger partial charge in [-0.1, -0.05) is 18.2 Å². The monoisotopic (exact) mass is 382 g/mol. The molecule has 28 heavy (non-hydrogen) atoms. The van der Waals surface area contributed by atoms with Crippen molar-refractivity contribution in [2.75, 3.05) is 24.4 Å². The second-order valence-electron chi connectivity index (χ2n) is 6.34. The van der Waals surface area contributed by atoms with Crippen LogP contribution in [0.5, 0.6) is 0 Å². The van der Waals surface area contributed by atoms with Crippen LogP contribution in [0.1, 0.15) is 6.42 Å². The van der Waals surface area contributed by atoms with Crippen LogP contribution >= 0.6 is 0 Å². The van der Waals surface area contributed by atoms with Crippen LogP contribution in [0.15, 0.2) is 53.3 Å². The Morgan fingerprint density at radius 1 is 0.964 bits per heavy atom. The number of amides is 2. The predicted molar refractivity (Wildman–Crippen MR) is 107 cm³/mol. The maximum absolute atomic E-state index is 12.4. The number of hydrogen-bond acceptors (Lipinski definition) is 4. The van der Waals surface area contributed by atoms with E-state index in [1.165, 1.54) is 7.11 Å². The van der Waals surface area contributed by atoms with Crippen LogP contribution < -0.4 is 16.3 Å². The first-order chi connectivity index (χ1) is 13.5. The molecule has 8 heteroatoms. The summed E-state index contributed by atoms with van der Waals surface area (Å²) < 4.78 is 7.94. The van der Waals surface area contributed by atoms with E-state index < -0.39 is 0 Å². The highest BCUT2D eigenvalue weighted by Crippen LogP contribution is 2.16. The van der Waals surface area contributed by atoms with Gasteiger partial charge in [0.2, 0.25) is 11.8 Å². The van der Waals surface area contributed by atoms with Gasteiger partial charge in [0.05, 0.1) is 11.0 Å². The lowest BCUT2D eigenvalue weighted by atomic mass is 10.2. The Kier molecular flexibility index (Phi) is 5.90. The molecule has 0 unspecified atom stereocenters. The number of nitrogens with one attached hydrogen (secondary N) is 2. The zero-order valence-corrected chi connectivity index (χ0v) is 15.8. The molecule has 0 saturated carbocycles. The number of aromatic nitrogens is 2. The number of aryl methyl sites for hydroxylation is 2. The van der Waals surface area contributed by atoms with Gasteiger partial charge in [0.1, 0.15) is 6.61 Å². The minimum atomic E-state index is -0.277. The lowest BCUT2D eigenvalue weighted by Gasteiger charge is -2.09. The molecular weight excluding hydrogens is 360 g/mol. The average Bonchev–Trinajstić information content (AvgIpc) is 2.91. The van der Waals surface area contributed by atoms with Gasteiger partial charge >= 0.3 is 5.69 Å². The number of rotatable bonds is 7. The molecule has 3 aromatic rings. The van der Waals surface area contributed by atoms with Gasteiger partial charge in [0.15, 0.2) is 0 Å². The van der Waals surface area contributed by atoms with Crippen LogP contribution in [0.3, 0.4) is 0 Å². The number of ether oxygens (including phenoxy) is 1. The Balaban J connectivity index is 1.65. The number of hydrogen-bond donors (Lipinski definition) is 2. The van der Waals surface area contributed by atoms with E-state index in [9.17, 15) is 14.4 Å². The Morgan fingerprint density at radius 3 is 2.29 bits per heavy atom. The second-order valence-corrected chi connectivity index (χ2v) is 6.34. The van der Waals surface area contributed by atoms with Crippen molar-refractivity contribution in [2.45, 2.75) is 13.0 Å². The van der Waals surface area contributed by atoms with Crippen molar-refractivity contribution in [1.29, 1.82) is 0 Å². The smallest absolute Gasteiger partial charge is 0.328 e. The minimum Gasteiger partial charge on any atom is -0.375 e. The second kappa shape index (κ2) is 8.53. The number of nitrogens with zero attached hydrogens (tertiary/aromatic N) is 2. The standard InChI is InChI=1S/C20H22N4O4/c1-23-16-8-3-4-9-17(16)24(20(23)27)11-10-18(25)21-14-6-5-7-15(12-14)22-19(26)13-28-2/h3-9,12H,10-11,13H2,1-2H3,(H,21,25)(H,22,26). The van der Waals surface area contributed by atoms with Gasteiger partial charge in [-0.25, -0.2) is 4.79 Å². The number of para-hydroxylation sites is 2. The number of benzene rings is 2. The lowest BCUT2D eigenvalue weighted by Crippen LogP contribution is -2.24. The summed E-state index contributed by atoms with van der Waals surface area (Å²) in [6.07, 6.45) is 0.147. The summed E-state index contributed by atoms with van der Waals surface area (Å²) in [5.41, 5.74) is 2.59. The zero-order valence-electron chi connectivity index (χ0n) is 15.8. The maximum Gasteiger partial charge on any atom is 0.328 e. The van der Waals surface area contributed by atoms with Gasteiger partial charge in [0.25, 0.3) is 0 Å². The van der Waals surface area contributed by atoms with Crippen molar-refractivity contribution in [1.82, 2.24) is 9.13 Å². The Hall–Kier alpha value is -3.39. The van der Waals surface area contributed by atoms with Crippen molar-refractivity contribution < 1.29 is 14.3 Å². The number of anilines is 2. The Bertz CT molecular complexity index is 1070. The van der Waals surface area contributed by atoms with E-state index in [4.69, 9.17) is 4.74 Å². The summed E-state index contributed by atoms with van der Waals surface area (Å²) in [4.78, 5) is 36.3. The SMILES string of the molecule is COCC(=O)Nc1cccc(NC(=O)CCn2c(=O)n(C)c3ccccc32)c1. The van der Waals surface area contributed by atoms with Crippen LogP contribution in [-0.2, 0) is 27.9 Å². The zero-order chi connectivity index (χ0) is 20.1. The third kappa shape index (κ3) is 4.29. The van der Waals surface area contributed by atoms with E-state index in [1.54, 1.807) is 40.4 Å². The molecule has 0 spiro atoms. The summed E-state index contributed by atoms with van der Waals surface area (Å²) >= 11 is 0. The predicted octanol–water partition coefficient (Wildman–Crippen LogP) is 1.95. The van der Waals surface area contributed by atoms with Crippen LogP contribution in [0.25, 0.3) is 11.0 Å². The molecular formula is C20H22N4O4. The first-order valence-electron chi connectivity index (χ1n) is 8.82. The topological polar surface area (TPSA) is 94.4 Å². The Labute approximate surface area is 161 Å². The average molecular weight is 382 g/mol. The fraction of sp³-hybridized carbons (Fsp3) is 0.250. The van der Waals surface area contributed by atoms with Crippen molar-refractivity contribution in [3.05, 3.63) is 59.0 Å². The largest absolute Gasteiger partial charge is 0.375 e. The molecule has 2 N–H and O–H groups in total. The molecule has 1 aromatic heterocycles. The number of carbonyl (C=O) groups is 2. The van der Waals surface area contributed by atoms with E-state index in [-0.39, 0.29) is 37.1 Å². The molecule has 0 bridgehead atoms. The highest BCUT2D eigenvalue weighted by molar-refractivity contribution is 5.94. The molecule has 0 aliphatic rings. The summed E-state index contributed by atoms with van der Waals surface area (Å²) in [7, 11) is 3.15. The van der Waals surface area contributed by atoms with Crippen molar-refractivity contribution in [2.24, 2.45) is 7.05 Å². The van der Waals surface area contributed by atoms with E-state index in [1.807, 2.05) is 24.3 Å². The summed E-state index contributed by atoms with van der Waals surface area (Å²) in [5, 5.41) is 5.47. The summed E-state index contributed by atoms with van der Waals surface area (Å²) in [5.74, 6) is -0.499. The molecule has 2 amide bonds. The molecule has 0 fully saturated rings. The number of fused-ring (bicyclic) bond motifs is 1. The molecule has 1 heterocycles. The van der Waals surface area contributed by atoms with Crippen molar-refractivity contribution in [3.63, 3.8) is 0 Å². The number of carbonyl (C=O) groups excluding carboxylic acids is 2. The van der Waals surface area contributed by atoms with Gasteiger partial charge in [-0.3, -0.25) is 18.7 Å². The molecule has 8 nitrogen and oxygen atoms in total. The summed E-state index contributed by atoms with van der Waals surface area (Å²) in [6.45, 7) is 0.229. The quantitative estimate of drug-likeness (QED) is 0.653. The third-order valence-corrected chi connectivity index (χ3v) is 4.32. The molecule has 0 atom stereocenters.